The molecule has 2 heterocycles. The van der Waals surface area contributed by atoms with E-state index in [1.54, 1.807) is 11.3 Å². The number of guanidine groups is 1. The molecular formula is C20H38IN5S. The highest BCUT2D eigenvalue weighted by Crippen LogP contribution is 2.17. The number of nitrogens with one attached hydrogen (secondary N) is 2. The summed E-state index contributed by atoms with van der Waals surface area (Å²) in [5, 5.41) is 11.3. The Morgan fingerprint density at radius 1 is 1.15 bits per heavy atom. The fraction of sp³-hybridized carbons (Fsp3) is 0.750. The standard InChI is InChI=1S/C20H37N5S.HI/c1-5-21-20(23-14-18(4)19-7-12-26-16-19)22-13-17(3)15-25-10-8-24(6-2)9-11-25;/h7,12,16-18H,5-6,8-11,13-15H2,1-4H3,(H2,21,22,23);1H. The van der Waals surface area contributed by atoms with Crippen molar-refractivity contribution >= 4 is 41.3 Å². The number of nitrogens with zero attached hydrogens (tertiary/aromatic N) is 3. The fourth-order valence-corrected chi connectivity index (χ4v) is 4.08. The summed E-state index contributed by atoms with van der Waals surface area (Å²) >= 11 is 1.76. The number of hydrogen-bond acceptors (Lipinski definition) is 4. The second-order valence-corrected chi connectivity index (χ2v) is 8.18. The van der Waals surface area contributed by atoms with Crippen LogP contribution in [0.3, 0.4) is 0 Å². The Morgan fingerprint density at radius 3 is 2.44 bits per heavy atom. The van der Waals surface area contributed by atoms with Crippen LogP contribution < -0.4 is 10.6 Å². The second-order valence-electron chi connectivity index (χ2n) is 7.40. The highest BCUT2D eigenvalue weighted by molar-refractivity contribution is 14.0. The molecule has 2 atom stereocenters. The van der Waals surface area contributed by atoms with Crippen LogP contribution in [0.15, 0.2) is 21.8 Å². The molecule has 1 aromatic rings. The Bertz CT molecular complexity index is 514. The van der Waals surface area contributed by atoms with E-state index < -0.39 is 0 Å². The van der Waals surface area contributed by atoms with E-state index in [-0.39, 0.29) is 24.0 Å². The zero-order chi connectivity index (χ0) is 18.8. The molecule has 0 radical (unpaired) electrons. The molecule has 1 aliphatic heterocycles. The molecule has 2 N–H and O–H groups in total. The first-order chi connectivity index (χ1) is 12.6. The van der Waals surface area contributed by atoms with Gasteiger partial charge in [0.1, 0.15) is 0 Å². The third-order valence-electron chi connectivity index (χ3n) is 5.08. The summed E-state index contributed by atoms with van der Waals surface area (Å²) in [7, 11) is 0. The molecule has 0 spiro atoms. The van der Waals surface area contributed by atoms with Gasteiger partial charge >= 0.3 is 0 Å². The minimum atomic E-state index is 0. The van der Waals surface area contributed by atoms with Crippen molar-refractivity contribution in [3.05, 3.63) is 22.4 Å². The summed E-state index contributed by atoms with van der Waals surface area (Å²) < 4.78 is 0. The van der Waals surface area contributed by atoms with Crippen molar-refractivity contribution in [1.82, 2.24) is 20.4 Å². The monoisotopic (exact) mass is 507 g/mol. The van der Waals surface area contributed by atoms with Gasteiger partial charge in [0.15, 0.2) is 5.96 Å². The molecule has 0 saturated carbocycles. The summed E-state index contributed by atoms with van der Waals surface area (Å²) in [5.74, 6) is 2.02. The molecule has 0 amide bonds. The van der Waals surface area contributed by atoms with Crippen LogP contribution in [0.25, 0.3) is 0 Å². The number of piperazine rings is 1. The quantitative estimate of drug-likeness (QED) is 0.306. The molecule has 2 unspecified atom stereocenters. The molecule has 1 fully saturated rings. The van der Waals surface area contributed by atoms with Gasteiger partial charge in [0.05, 0.1) is 0 Å². The van der Waals surface area contributed by atoms with E-state index in [9.17, 15) is 0 Å². The van der Waals surface area contributed by atoms with E-state index in [4.69, 9.17) is 4.99 Å². The van der Waals surface area contributed by atoms with Crippen LogP contribution in [-0.2, 0) is 0 Å². The molecule has 5 nitrogen and oxygen atoms in total. The lowest BCUT2D eigenvalue weighted by molar-refractivity contribution is 0.125. The summed E-state index contributed by atoms with van der Waals surface area (Å²) in [6.07, 6.45) is 0. The lowest BCUT2D eigenvalue weighted by atomic mass is 10.1. The summed E-state index contributed by atoms with van der Waals surface area (Å²) in [6.45, 7) is 18.7. The molecule has 0 aromatic carbocycles. The van der Waals surface area contributed by atoms with Crippen molar-refractivity contribution in [2.24, 2.45) is 10.9 Å². The topological polar surface area (TPSA) is 42.9 Å². The van der Waals surface area contributed by atoms with Gasteiger partial charge in [-0.25, -0.2) is 0 Å². The Hall–Kier alpha value is -0.380. The van der Waals surface area contributed by atoms with E-state index in [1.165, 1.54) is 38.3 Å². The van der Waals surface area contributed by atoms with E-state index >= 15 is 0 Å². The highest BCUT2D eigenvalue weighted by Gasteiger charge is 2.17. The van der Waals surface area contributed by atoms with Gasteiger partial charge in [0.25, 0.3) is 0 Å². The van der Waals surface area contributed by atoms with Gasteiger partial charge in [-0.3, -0.25) is 4.99 Å². The van der Waals surface area contributed by atoms with Crippen molar-refractivity contribution in [2.75, 3.05) is 58.9 Å². The van der Waals surface area contributed by atoms with Crippen molar-refractivity contribution < 1.29 is 0 Å². The molecule has 1 saturated heterocycles. The number of likely N-dealkylation sites (N-methyl/N-ethyl adjacent to an activating group) is 1. The maximum Gasteiger partial charge on any atom is 0.191 e. The first-order valence-corrected chi connectivity index (χ1v) is 11.1. The highest BCUT2D eigenvalue weighted by atomic mass is 127. The van der Waals surface area contributed by atoms with E-state index in [0.29, 0.717) is 11.8 Å². The van der Waals surface area contributed by atoms with Gasteiger partial charge in [-0.05, 0) is 47.7 Å². The van der Waals surface area contributed by atoms with Crippen molar-refractivity contribution in [3.8, 4) is 0 Å². The average molecular weight is 508 g/mol. The molecule has 1 aromatic heterocycles. The van der Waals surface area contributed by atoms with Crippen molar-refractivity contribution in [3.63, 3.8) is 0 Å². The molecular weight excluding hydrogens is 469 g/mol. The van der Waals surface area contributed by atoms with Crippen LogP contribution in [0.4, 0.5) is 0 Å². The molecule has 7 heteroatoms. The van der Waals surface area contributed by atoms with E-state index in [0.717, 1.165) is 32.1 Å². The first kappa shape index (κ1) is 24.7. The van der Waals surface area contributed by atoms with Crippen LogP contribution in [0.5, 0.6) is 0 Å². The van der Waals surface area contributed by atoms with Gasteiger partial charge in [-0.15, -0.1) is 24.0 Å². The number of thiophene rings is 1. The Labute approximate surface area is 187 Å². The molecule has 0 bridgehead atoms. The Balaban J connectivity index is 0.00000364. The number of hydrogen-bond donors (Lipinski definition) is 2. The maximum atomic E-state index is 4.82. The minimum Gasteiger partial charge on any atom is -0.357 e. The lowest BCUT2D eigenvalue weighted by Gasteiger charge is -2.35. The van der Waals surface area contributed by atoms with Crippen LogP contribution in [0.2, 0.25) is 0 Å². The minimum absolute atomic E-state index is 0. The zero-order valence-corrected chi connectivity index (χ0v) is 20.6. The van der Waals surface area contributed by atoms with Crippen molar-refractivity contribution in [1.29, 1.82) is 0 Å². The fourth-order valence-electron chi connectivity index (χ4n) is 3.30. The second kappa shape index (κ2) is 13.7. The van der Waals surface area contributed by atoms with E-state index in [2.05, 4.69) is 65.0 Å². The number of rotatable bonds is 9. The van der Waals surface area contributed by atoms with Gasteiger partial charge in [-0.2, -0.15) is 11.3 Å². The van der Waals surface area contributed by atoms with Crippen molar-refractivity contribution in [2.45, 2.75) is 33.6 Å². The normalized spacial score (nSPS) is 18.6. The van der Waals surface area contributed by atoms with Crippen LogP contribution in [-0.4, -0.2) is 74.7 Å². The van der Waals surface area contributed by atoms with Crippen LogP contribution in [0.1, 0.15) is 39.2 Å². The first-order valence-electron chi connectivity index (χ1n) is 10.1. The zero-order valence-electron chi connectivity index (χ0n) is 17.4. The van der Waals surface area contributed by atoms with Gasteiger partial charge in [-0.1, -0.05) is 20.8 Å². The number of halogens is 1. The average Bonchev–Trinajstić information content (AvgIpc) is 3.19. The molecule has 1 aliphatic rings. The maximum absolute atomic E-state index is 4.82. The lowest BCUT2D eigenvalue weighted by Crippen LogP contribution is -2.47. The van der Waals surface area contributed by atoms with E-state index in [1.807, 2.05) is 0 Å². The molecule has 0 aliphatic carbocycles. The predicted octanol–water partition coefficient (Wildman–Crippen LogP) is 3.30. The Kier molecular flexibility index (Phi) is 12.5. The number of aliphatic imine (C=N–C) groups is 1. The van der Waals surface area contributed by atoms with Gasteiger partial charge < -0.3 is 20.4 Å². The summed E-state index contributed by atoms with van der Waals surface area (Å²) in [4.78, 5) is 9.94. The SMILES string of the molecule is CCNC(=NCC(C)CN1CCN(CC)CC1)NCC(C)c1ccsc1.I. The van der Waals surface area contributed by atoms with Gasteiger partial charge in [0, 0.05) is 52.4 Å². The third kappa shape index (κ3) is 9.11. The Morgan fingerprint density at radius 2 is 1.85 bits per heavy atom. The van der Waals surface area contributed by atoms with Crippen LogP contribution >= 0.6 is 35.3 Å². The molecule has 27 heavy (non-hydrogen) atoms. The smallest absolute Gasteiger partial charge is 0.191 e. The molecule has 156 valence electrons. The summed E-state index contributed by atoms with van der Waals surface area (Å²) in [6, 6.07) is 2.21. The third-order valence-corrected chi connectivity index (χ3v) is 5.78. The van der Waals surface area contributed by atoms with Gasteiger partial charge in [0.2, 0.25) is 0 Å². The summed E-state index contributed by atoms with van der Waals surface area (Å²) in [5.41, 5.74) is 1.40. The molecule has 2 rings (SSSR count). The predicted molar refractivity (Wildman–Crippen MR) is 130 cm³/mol. The largest absolute Gasteiger partial charge is 0.357 e. The van der Waals surface area contributed by atoms with Crippen LogP contribution in [0, 0.1) is 5.92 Å².